The van der Waals surface area contributed by atoms with E-state index in [9.17, 15) is 13.2 Å². The van der Waals surface area contributed by atoms with Crippen LogP contribution in [0.4, 0.5) is 0 Å². The molecule has 1 atom stereocenters. The average molecular weight is 416 g/mol. The van der Waals surface area contributed by atoms with Crippen LogP contribution in [0.2, 0.25) is 0 Å². The molecule has 0 spiro atoms. The number of benzene rings is 2. The van der Waals surface area contributed by atoms with Gasteiger partial charge in [-0.25, -0.2) is 13.1 Å². The number of hydrogen-bond acceptors (Lipinski definition) is 5. The summed E-state index contributed by atoms with van der Waals surface area (Å²) in [6, 6.07) is 11.9. The molecule has 1 amide bonds. The molecule has 2 aliphatic rings. The maximum Gasteiger partial charge on any atom is 0.254 e. The Kier molecular flexibility index (Phi) is 5.47. The third-order valence-corrected chi connectivity index (χ3v) is 6.78. The Morgan fingerprint density at radius 1 is 1.03 bits per heavy atom. The Morgan fingerprint density at radius 2 is 1.76 bits per heavy atom. The first-order valence-corrected chi connectivity index (χ1v) is 11.2. The Morgan fingerprint density at radius 3 is 2.48 bits per heavy atom. The lowest BCUT2D eigenvalue weighted by molar-refractivity contribution is 0.0735. The van der Waals surface area contributed by atoms with E-state index in [1.807, 2.05) is 23.1 Å². The second-order valence-corrected chi connectivity index (χ2v) is 9.03. The van der Waals surface area contributed by atoms with E-state index in [0.717, 1.165) is 36.3 Å². The molecule has 2 aromatic carbocycles. The quantitative estimate of drug-likeness (QED) is 0.828. The summed E-state index contributed by atoms with van der Waals surface area (Å²) in [5, 5.41) is 0. The van der Waals surface area contributed by atoms with Gasteiger partial charge in [-0.05, 0) is 61.9 Å². The first kappa shape index (κ1) is 19.7. The van der Waals surface area contributed by atoms with E-state index >= 15 is 0 Å². The molecule has 2 aromatic rings. The monoisotopic (exact) mass is 416 g/mol. The van der Waals surface area contributed by atoms with Crippen LogP contribution in [-0.2, 0) is 10.0 Å². The number of nitrogens with zero attached hydrogens (tertiary/aromatic N) is 1. The molecule has 1 unspecified atom stereocenters. The minimum absolute atomic E-state index is 0.0413. The summed E-state index contributed by atoms with van der Waals surface area (Å²) in [4.78, 5) is 15.1. The Bertz CT molecular complexity index is 1000. The standard InChI is InChI=1S/C21H24N2O5S/c1-22-29(25,26)17-8-5-15(6-9-17)21(24)23-11-2-4-18(23)16-7-10-19-20(14-16)28-13-3-12-27-19/h5-10,14,18,22H,2-4,11-13H2,1H3. The van der Waals surface area contributed by atoms with Crippen molar-refractivity contribution in [2.24, 2.45) is 0 Å². The number of fused-ring (bicyclic) bond motifs is 1. The average Bonchev–Trinajstić information content (AvgIpc) is 3.12. The highest BCUT2D eigenvalue weighted by Crippen LogP contribution is 2.38. The molecule has 8 heteroatoms. The van der Waals surface area contributed by atoms with Crippen molar-refractivity contribution in [3.8, 4) is 11.5 Å². The highest BCUT2D eigenvalue weighted by Gasteiger charge is 2.31. The summed E-state index contributed by atoms with van der Waals surface area (Å²) in [5.41, 5.74) is 1.50. The van der Waals surface area contributed by atoms with E-state index in [1.54, 1.807) is 12.1 Å². The van der Waals surface area contributed by atoms with Gasteiger partial charge in [-0.1, -0.05) is 6.07 Å². The molecule has 1 fully saturated rings. The molecule has 154 valence electrons. The zero-order chi connectivity index (χ0) is 20.4. The molecule has 0 aromatic heterocycles. The summed E-state index contributed by atoms with van der Waals surface area (Å²) in [6.45, 7) is 1.92. The molecule has 2 heterocycles. The van der Waals surface area contributed by atoms with E-state index in [4.69, 9.17) is 9.47 Å². The van der Waals surface area contributed by atoms with Gasteiger partial charge in [0.2, 0.25) is 10.0 Å². The second kappa shape index (κ2) is 8.04. The topological polar surface area (TPSA) is 84.9 Å². The molecule has 29 heavy (non-hydrogen) atoms. The number of amides is 1. The molecule has 1 saturated heterocycles. The predicted octanol–water partition coefficient (Wildman–Crippen LogP) is 2.73. The van der Waals surface area contributed by atoms with Crippen LogP contribution in [0.15, 0.2) is 47.4 Å². The Balaban J connectivity index is 1.57. The van der Waals surface area contributed by atoms with Crippen LogP contribution in [0.5, 0.6) is 11.5 Å². The first-order chi connectivity index (χ1) is 14.0. The highest BCUT2D eigenvalue weighted by atomic mass is 32.2. The number of hydrogen-bond donors (Lipinski definition) is 1. The third-order valence-electron chi connectivity index (χ3n) is 5.35. The molecular weight excluding hydrogens is 392 g/mol. The summed E-state index contributed by atoms with van der Waals surface area (Å²) < 4.78 is 37.5. The summed E-state index contributed by atoms with van der Waals surface area (Å²) in [6.07, 6.45) is 2.63. The van der Waals surface area contributed by atoms with Gasteiger partial charge in [0.05, 0.1) is 24.2 Å². The molecule has 4 rings (SSSR count). The summed E-state index contributed by atoms with van der Waals surface area (Å²) in [7, 11) is -2.17. The predicted molar refractivity (Wildman–Crippen MR) is 108 cm³/mol. The van der Waals surface area contributed by atoms with Gasteiger partial charge in [0.25, 0.3) is 5.91 Å². The van der Waals surface area contributed by atoms with Gasteiger partial charge in [0, 0.05) is 18.5 Å². The minimum atomic E-state index is -3.53. The number of carbonyl (C=O) groups is 1. The third kappa shape index (κ3) is 3.95. The summed E-state index contributed by atoms with van der Waals surface area (Å²) >= 11 is 0. The second-order valence-electron chi connectivity index (χ2n) is 7.15. The van der Waals surface area contributed by atoms with Gasteiger partial charge >= 0.3 is 0 Å². The number of nitrogens with one attached hydrogen (secondary N) is 1. The van der Waals surface area contributed by atoms with Crippen molar-refractivity contribution in [1.82, 2.24) is 9.62 Å². The largest absolute Gasteiger partial charge is 0.490 e. The highest BCUT2D eigenvalue weighted by molar-refractivity contribution is 7.89. The molecule has 0 saturated carbocycles. The molecule has 0 bridgehead atoms. The van der Waals surface area contributed by atoms with Crippen molar-refractivity contribution in [2.45, 2.75) is 30.2 Å². The lowest BCUT2D eigenvalue weighted by Gasteiger charge is -2.26. The molecule has 0 aliphatic carbocycles. The van der Waals surface area contributed by atoms with Gasteiger partial charge in [0.15, 0.2) is 11.5 Å². The molecule has 2 aliphatic heterocycles. The molecular formula is C21H24N2O5S. The minimum Gasteiger partial charge on any atom is -0.490 e. The number of carbonyl (C=O) groups excluding carboxylic acids is 1. The Hall–Kier alpha value is -2.58. The fraction of sp³-hybridized carbons (Fsp3) is 0.381. The van der Waals surface area contributed by atoms with Crippen LogP contribution in [-0.4, -0.2) is 46.0 Å². The van der Waals surface area contributed by atoms with Gasteiger partial charge in [-0.15, -0.1) is 0 Å². The SMILES string of the molecule is CNS(=O)(=O)c1ccc(C(=O)N2CCCC2c2ccc3c(c2)OCCCO3)cc1. The van der Waals surface area contributed by atoms with Crippen LogP contribution in [0.1, 0.15) is 41.2 Å². The zero-order valence-corrected chi connectivity index (χ0v) is 17.1. The van der Waals surface area contributed by atoms with Crippen molar-refractivity contribution in [3.63, 3.8) is 0 Å². The first-order valence-electron chi connectivity index (χ1n) is 9.74. The molecule has 1 N–H and O–H groups in total. The van der Waals surface area contributed by atoms with Gasteiger partial charge < -0.3 is 14.4 Å². The summed E-state index contributed by atoms with van der Waals surface area (Å²) in [5.74, 6) is 1.36. The van der Waals surface area contributed by atoms with Crippen molar-refractivity contribution in [3.05, 3.63) is 53.6 Å². The smallest absolute Gasteiger partial charge is 0.254 e. The van der Waals surface area contributed by atoms with Gasteiger partial charge in [-0.3, -0.25) is 4.79 Å². The number of sulfonamides is 1. The normalized spacial score (nSPS) is 19.1. The maximum atomic E-state index is 13.1. The lowest BCUT2D eigenvalue weighted by Crippen LogP contribution is -2.30. The fourth-order valence-electron chi connectivity index (χ4n) is 3.80. The van der Waals surface area contributed by atoms with Crippen LogP contribution in [0.25, 0.3) is 0 Å². The lowest BCUT2D eigenvalue weighted by atomic mass is 10.0. The molecule has 0 radical (unpaired) electrons. The fourth-order valence-corrected chi connectivity index (χ4v) is 4.53. The van der Waals surface area contributed by atoms with Gasteiger partial charge in [0.1, 0.15) is 0 Å². The van der Waals surface area contributed by atoms with Crippen LogP contribution in [0.3, 0.4) is 0 Å². The van der Waals surface area contributed by atoms with Gasteiger partial charge in [-0.2, -0.15) is 0 Å². The van der Waals surface area contributed by atoms with Crippen molar-refractivity contribution in [2.75, 3.05) is 26.8 Å². The zero-order valence-electron chi connectivity index (χ0n) is 16.3. The van der Waals surface area contributed by atoms with Crippen LogP contribution in [0, 0.1) is 0 Å². The maximum absolute atomic E-state index is 13.1. The van der Waals surface area contributed by atoms with Crippen molar-refractivity contribution < 1.29 is 22.7 Å². The van der Waals surface area contributed by atoms with E-state index in [2.05, 4.69) is 4.72 Å². The number of rotatable bonds is 4. The van der Waals surface area contributed by atoms with Crippen LogP contribution >= 0.6 is 0 Å². The van der Waals surface area contributed by atoms with E-state index in [0.29, 0.717) is 25.3 Å². The van der Waals surface area contributed by atoms with Crippen molar-refractivity contribution in [1.29, 1.82) is 0 Å². The number of ether oxygens (including phenoxy) is 2. The van der Waals surface area contributed by atoms with Crippen molar-refractivity contribution >= 4 is 15.9 Å². The number of likely N-dealkylation sites (tertiary alicyclic amines) is 1. The van der Waals surface area contributed by atoms with E-state index in [1.165, 1.54) is 19.2 Å². The van der Waals surface area contributed by atoms with E-state index < -0.39 is 10.0 Å². The molecule has 7 nitrogen and oxygen atoms in total. The van der Waals surface area contributed by atoms with E-state index in [-0.39, 0.29) is 16.8 Å². The Labute approximate surface area is 170 Å². The van der Waals surface area contributed by atoms with Crippen LogP contribution < -0.4 is 14.2 Å².